The first-order chi connectivity index (χ1) is 17.2. The van der Waals surface area contributed by atoms with Gasteiger partial charge in [-0.25, -0.2) is 4.79 Å². The van der Waals surface area contributed by atoms with Crippen LogP contribution in [-0.4, -0.2) is 41.2 Å². The number of nitrogens with zero attached hydrogens (tertiary/aromatic N) is 1. The van der Waals surface area contributed by atoms with Gasteiger partial charge in [-0.05, 0) is 49.1 Å². The highest BCUT2D eigenvalue weighted by molar-refractivity contribution is 7.15. The van der Waals surface area contributed by atoms with Crippen molar-refractivity contribution in [3.05, 3.63) is 75.6 Å². The number of amides is 3. The fourth-order valence-electron chi connectivity index (χ4n) is 4.16. The van der Waals surface area contributed by atoms with Gasteiger partial charge in [-0.3, -0.25) is 19.3 Å². The molecular formula is C27H25ClN2O5S. The van der Waals surface area contributed by atoms with Crippen molar-refractivity contribution < 1.29 is 23.9 Å². The van der Waals surface area contributed by atoms with E-state index in [-0.39, 0.29) is 40.6 Å². The van der Waals surface area contributed by atoms with Gasteiger partial charge in [-0.2, -0.15) is 0 Å². The number of anilines is 1. The van der Waals surface area contributed by atoms with E-state index in [0.717, 1.165) is 10.5 Å². The second-order valence-electron chi connectivity index (χ2n) is 8.74. The maximum Gasteiger partial charge on any atom is 0.341 e. The number of carbonyl (C=O) groups is 4. The van der Waals surface area contributed by atoms with Gasteiger partial charge < -0.3 is 10.1 Å². The number of carbonyl (C=O) groups excluding carboxylic acids is 4. The van der Waals surface area contributed by atoms with E-state index in [4.69, 9.17) is 16.3 Å². The van der Waals surface area contributed by atoms with Crippen LogP contribution >= 0.6 is 22.9 Å². The third-order valence-corrected chi connectivity index (χ3v) is 6.94. The summed E-state index contributed by atoms with van der Waals surface area (Å²) in [6.07, 6.45) is 0.265. The minimum Gasteiger partial charge on any atom is -0.462 e. The number of fused-ring (bicyclic) bond motifs is 1. The highest BCUT2D eigenvalue weighted by Gasteiger charge is 2.43. The molecule has 1 aromatic heterocycles. The van der Waals surface area contributed by atoms with Gasteiger partial charge in [-0.1, -0.05) is 49.7 Å². The summed E-state index contributed by atoms with van der Waals surface area (Å²) in [7, 11) is 0. The van der Waals surface area contributed by atoms with Crippen LogP contribution in [0.15, 0.2) is 53.9 Å². The number of thiophene rings is 1. The van der Waals surface area contributed by atoms with Crippen molar-refractivity contribution in [2.24, 2.45) is 5.92 Å². The van der Waals surface area contributed by atoms with Gasteiger partial charge in [0.1, 0.15) is 16.6 Å². The van der Waals surface area contributed by atoms with Gasteiger partial charge in [0.2, 0.25) is 5.91 Å². The minimum absolute atomic E-state index is 0.0163. The lowest BCUT2D eigenvalue weighted by Crippen LogP contribution is -2.48. The molecule has 3 amide bonds. The number of imide groups is 1. The molecule has 1 N–H and O–H groups in total. The van der Waals surface area contributed by atoms with Crippen LogP contribution in [-0.2, 0) is 9.53 Å². The summed E-state index contributed by atoms with van der Waals surface area (Å²) < 4.78 is 5.27. The average molecular weight is 525 g/mol. The van der Waals surface area contributed by atoms with E-state index in [1.165, 1.54) is 11.3 Å². The molecule has 9 heteroatoms. The summed E-state index contributed by atoms with van der Waals surface area (Å²) in [5.41, 5.74) is 2.09. The minimum atomic E-state index is -1.05. The van der Waals surface area contributed by atoms with Crippen molar-refractivity contribution in [3.8, 4) is 11.1 Å². The second kappa shape index (κ2) is 10.6. The molecule has 4 rings (SSSR count). The van der Waals surface area contributed by atoms with Crippen LogP contribution in [0.1, 0.15) is 58.3 Å². The van der Waals surface area contributed by atoms with Crippen LogP contribution in [0, 0.1) is 5.92 Å². The molecule has 186 valence electrons. The van der Waals surface area contributed by atoms with Gasteiger partial charge in [0.25, 0.3) is 11.8 Å². The zero-order valence-electron chi connectivity index (χ0n) is 20.0. The van der Waals surface area contributed by atoms with Crippen LogP contribution in [0.5, 0.6) is 0 Å². The topological polar surface area (TPSA) is 92.8 Å². The Morgan fingerprint density at radius 1 is 1.00 bits per heavy atom. The van der Waals surface area contributed by atoms with Gasteiger partial charge in [0.15, 0.2) is 0 Å². The van der Waals surface area contributed by atoms with Gasteiger partial charge >= 0.3 is 5.97 Å². The fourth-order valence-corrected chi connectivity index (χ4v) is 5.25. The van der Waals surface area contributed by atoms with Gasteiger partial charge in [-0.15, -0.1) is 11.3 Å². The monoisotopic (exact) mass is 524 g/mol. The standard InChI is InChI=1S/C27H25ClN2O5S/c1-4-35-27(34)22-20(16-9-11-17(28)12-10-16)14-36-24(22)29-23(31)21(13-15(2)3)30-25(32)18-7-5-6-8-19(18)26(30)33/h5-12,14-15,21H,4,13H2,1-3H3,(H,29,31). The summed E-state index contributed by atoms with van der Waals surface area (Å²) in [5.74, 6) is -2.12. The quantitative estimate of drug-likeness (QED) is 0.293. The number of nitrogens with one attached hydrogen (secondary N) is 1. The number of esters is 1. The van der Waals surface area contributed by atoms with Crippen LogP contribution in [0.4, 0.5) is 5.00 Å². The van der Waals surface area contributed by atoms with Crippen LogP contribution in [0.3, 0.4) is 0 Å². The molecule has 0 saturated heterocycles. The molecule has 0 radical (unpaired) electrons. The first-order valence-electron chi connectivity index (χ1n) is 11.5. The van der Waals surface area contributed by atoms with Crippen LogP contribution in [0.2, 0.25) is 5.02 Å². The maximum atomic E-state index is 13.6. The molecule has 36 heavy (non-hydrogen) atoms. The van der Waals surface area contributed by atoms with E-state index in [2.05, 4.69) is 5.32 Å². The number of rotatable bonds is 8. The first kappa shape index (κ1) is 25.6. The molecule has 0 saturated carbocycles. The molecule has 3 aromatic rings. The molecule has 0 aliphatic carbocycles. The molecule has 1 aliphatic heterocycles. The maximum absolute atomic E-state index is 13.6. The summed E-state index contributed by atoms with van der Waals surface area (Å²) in [6.45, 7) is 5.68. The third kappa shape index (κ3) is 4.92. The molecular weight excluding hydrogens is 500 g/mol. The summed E-state index contributed by atoms with van der Waals surface area (Å²) >= 11 is 7.19. The summed E-state index contributed by atoms with van der Waals surface area (Å²) in [4.78, 5) is 53.7. The van der Waals surface area contributed by atoms with E-state index in [1.54, 1.807) is 60.8 Å². The van der Waals surface area contributed by atoms with Crippen molar-refractivity contribution in [2.45, 2.75) is 33.2 Å². The summed E-state index contributed by atoms with van der Waals surface area (Å²) in [6, 6.07) is 12.4. The number of ether oxygens (including phenoxy) is 1. The van der Waals surface area contributed by atoms with Crippen molar-refractivity contribution in [3.63, 3.8) is 0 Å². The van der Waals surface area contributed by atoms with Crippen molar-refractivity contribution in [1.29, 1.82) is 0 Å². The van der Waals surface area contributed by atoms with Crippen molar-refractivity contribution in [1.82, 2.24) is 4.90 Å². The molecule has 0 fully saturated rings. The lowest BCUT2D eigenvalue weighted by atomic mass is 10.0. The lowest BCUT2D eigenvalue weighted by molar-refractivity contribution is -0.120. The average Bonchev–Trinajstić information content (AvgIpc) is 3.37. The number of halogens is 1. The molecule has 7 nitrogen and oxygen atoms in total. The van der Waals surface area contributed by atoms with E-state index in [1.807, 2.05) is 13.8 Å². The predicted molar refractivity (Wildman–Crippen MR) is 140 cm³/mol. The zero-order valence-corrected chi connectivity index (χ0v) is 21.6. The summed E-state index contributed by atoms with van der Waals surface area (Å²) in [5, 5.41) is 5.40. The van der Waals surface area contributed by atoms with Crippen LogP contribution in [0.25, 0.3) is 11.1 Å². The Hall–Kier alpha value is -3.49. The Labute approximate surface area is 218 Å². The lowest BCUT2D eigenvalue weighted by Gasteiger charge is -2.26. The zero-order chi connectivity index (χ0) is 26.0. The Kier molecular flexibility index (Phi) is 7.56. The molecule has 1 aliphatic rings. The number of benzene rings is 2. The van der Waals surface area contributed by atoms with Crippen LogP contribution < -0.4 is 5.32 Å². The van der Waals surface area contributed by atoms with Crippen molar-refractivity contribution >= 4 is 51.6 Å². The Morgan fingerprint density at radius 3 is 2.17 bits per heavy atom. The Morgan fingerprint density at radius 2 is 1.61 bits per heavy atom. The first-order valence-corrected chi connectivity index (χ1v) is 12.8. The number of hydrogen-bond acceptors (Lipinski definition) is 6. The van der Waals surface area contributed by atoms with E-state index >= 15 is 0 Å². The van der Waals surface area contributed by atoms with E-state index in [0.29, 0.717) is 10.6 Å². The molecule has 0 bridgehead atoms. The molecule has 1 atom stereocenters. The van der Waals surface area contributed by atoms with E-state index in [9.17, 15) is 19.2 Å². The molecule has 2 heterocycles. The molecule has 0 spiro atoms. The largest absolute Gasteiger partial charge is 0.462 e. The highest BCUT2D eigenvalue weighted by Crippen LogP contribution is 2.37. The molecule has 1 unspecified atom stereocenters. The normalized spacial score (nSPS) is 13.6. The highest BCUT2D eigenvalue weighted by atomic mass is 35.5. The van der Waals surface area contributed by atoms with Crippen molar-refractivity contribution in [2.75, 3.05) is 11.9 Å². The fraction of sp³-hybridized carbons (Fsp3) is 0.259. The SMILES string of the molecule is CCOC(=O)c1c(-c2ccc(Cl)cc2)csc1NC(=O)C(CC(C)C)N1C(=O)c2ccccc2C1=O. The third-order valence-electron chi connectivity index (χ3n) is 5.80. The van der Waals surface area contributed by atoms with E-state index < -0.39 is 29.7 Å². The number of hydrogen-bond donors (Lipinski definition) is 1. The smallest absolute Gasteiger partial charge is 0.341 e. The Bertz CT molecular complexity index is 1300. The second-order valence-corrected chi connectivity index (χ2v) is 10.1. The van der Waals surface area contributed by atoms with Gasteiger partial charge in [0.05, 0.1) is 17.7 Å². The molecule has 2 aromatic carbocycles. The Balaban J connectivity index is 1.69. The van der Waals surface area contributed by atoms with Gasteiger partial charge in [0, 0.05) is 16.0 Å². The predicted octanol–water partition coefficient (Wildman–Crippen LogP) is 5.89.